The quantitative estimate of drug-likeness (QED) is 0.719. The average molecular weight is 260 g/mol. The van der Waals surface area contributed by atoms with Gasteiger partial charge in [0.05, 0.1) is 23.6 Å². The fourth-order valence-corrected chi connectivity index (χ4v) is 1.33. The van der Waals surface area contributed by atoms with Crippen LogP contribution in [-0.2, 0) is 0 Å². The van der Waals surface area contributed by atoms with Crippen molar-refractivity contribution in [3.8, 4) is 0 Å². The van der Waals surface area contributed by atoms with Crippen molar-refractivity contribution in [2.24, 2.45) is 0 Å². The number of carbonyl (C=O) groups excluding carboxylic acids is 1. The molecule has 0 unspecified atom stereocenters. The fraction of sp³-hybridized carbons (Fsp3) is 0. The van der Waals surface area contributed by atoms with Crippen LogP contribution in [0.5, 0.6) is 0 Å². The van der Waals surface area contributed by atoms with Gasteiger partial charge in [0.1, 0.15) is 5.69 Å². The van der Waals surface area contributed by atoms with E-state index >= 15 is 0 Å². The zero-order chi connectivity index (χ0) is 13.8. The summed E-state index contributed by atoms with van der Waals surface area (Å²) in [4.78, 5) is 43.2. The van der Waals surface area contributed by atoms with Gasteiger partial charge in [-0.15, -0.1) is 0 Å². The molecule has 96 valence electrons. The Labute approximate surface area is 106 Å². The maximum absolute atomic E-state index is 11.8. The Morgan fingerprint density at radius 2 is 2.11 bits per heavy atom. The van der Waals surface area contributed by atoms with Crippen LogP contribution in [0, 0.1) is 0 Å². The van der Waals surface area contributed by atoms with E-state index in [1.54, 1.807) is 0 Å². The van der Waals surface area contributed by atoms with E-state index in [2.05, 4.69) is 20.3 Å². The maximum atomic E-state index is 11.8. The summed E-state index contributed by atoms with van der Waals surface area (Å²) < 4.78 is 0. The first-order chi connectivity index (χ1) is 9.08. The number of hydrogen-bond acceptors (Lipinski definition) is 5. The molecular formula is C11H8N4O4. The molecule has 2 aromatic heterocycles. The molecule has 1 amide bonds. The summed E-state index contributed by atoms with van der Waals surface area (Å²) >= 11 is 0. The highest BCUT2D eigenvalue weighted by Gasteiger charge is 2.14. The highest BCUT2D eigenvalue weighted by Crippen LogP contribution is 2.13. The number of nitrogens with zero attached hydrogens (tertiary/aromatic N) is 2. The van der Waals surface area contributed by atoms with Gasteiger partial charge >= 0.3 is 5.97 Å². The number of pyridine rings is 1. The van der Waals surface area contributed by atoms with Crippen LogP contribution >= 0.6 is 0 Å². The van der Waals surface area contributed by atoms with Gasteiger partial charge in [-0.05, 0) is 6.07 Å². The van der Waals surface area contributed by atoms with Crippen molar-refractivity contribution < 1.29 is 14.7 Å². The van der Waals surface area contributed by atoms with Crippen molar-refractivity contribution in [3.05, 3.63) is 52.5 Å². The number of aromatic amines is 1. The monoisotopic (exact) mass is 260 g/mol. The average Bonchev–Trinajstić information content (AvgIpc) is 2.39. The van der Waals surface area contributed by atoms with Crippen molar-refractivity contribution in [2.45, 2.75) is 0 Å². The smallest absolute Gasteiger partial charge is 0.337 e. The molecule has 0 aliphatic heterocycles. The third-order valence-electron chi connectivity index (χ3n) is 2.20. The SMILES string of the molecule is O=C(Nc1cnccc1C(=O)O)c1c[nH]c(=O)cn1. The van der Waals surface area contributed by atoms with Crippen LogP contribution in [0.15, 0.2) is 35.6 Å². The number of anilines is 1. The Kier molecular flexibility index (Phi) is 3.33. The fourth-order valence-electron chi connectivity index (χ4n) is 1.33. The molecule has 0 aliphatic rings. The van der Waals surface area contributed by atoms with Gasteiger partial charge in [0, 0.05) is 12.4 Å². The summed E-state index contributed by atoms with van der Waals surface area (Å²) in [5, 5.41) is 11.3. The summed E-state index contributed by atoms with van der Waals surface area (Å²) in [6.45, 7) is 0. The highest BCUT2D eigenvalue weighted by atomic mass is 16.4. The van der Waals surface area contributed by atoms with Crippen molar-refractivity contribution >= 4 is 17.6 Å². The van der Waals surface area contributed by atoms with Crippen LogP contribution in [0.25, 0.3) is 0 Å². The normalized spacial score (nSPS) is 9.89. The van der Waals surface area contributed by atoms with E-state index < -0.39 is 17.4 Å². The van der Waals surface area contributed by atoms with Gasteiger partial charge in [-0.1, -0.05) is 0 Å². The summed E-state index contributed by atoms with van der Waals surface area (Å²) in [5.41, 5.74) is -0.523. The number of nitrogens with one attached hydrogen (secondary N) is 2. The Morgan fingerprint density at radius 3 is 2.74 bits per heavy atom. The molecule has 0 radical (unpaired) electrons. The van der Waals surface area contributed by atoms with Crippen molar-refractivity contribution in [1.82, 2.24) is 15.0 Å². The van der Waals surface area contributed by atoms with E-state index in [9.17, 15) is 14.4 Å². The zero-order valence-electron chi connectivity index (χ0n) is 9.45. The first kappa shape index (κ1) is 12.4. The number of carboxylic acids is 1. The topological polar surface area (TPSA) is 125 Å². The predicted octanol–water partition coefficient (Wildman–Crippen LogP) is 0.115. The molecular weight excluding hydrogens is 252 g/mol. The van der Waals surface area contributed by atoms with Crippen molar-refractivity contribution in [3.63, 3.8) is 0 Å². The third-order valence-corrected chi connectivity index (χ3v) is 2.20. The van der Waals surface area contributed by atoms with E-state index in [-0.39, 0.29) is 16.9 Å². The molecule has 2 rings (SSSR count). The van der Waals surface area contributed by atoms with E-state index in [4.69, 9.17) is 5.11 Å². The molecule has 8 nitrogen and oxygen atoms in total. The first-order valence-corrected chi connectivity index (χ1v) is 5.11. The molecule has 8 heteroatoms. The van der Waals surface area contributed by atoms with Crippen LogP contribution in [0.3, 0.4) is 0 Å². The second-order valence-electron chi connectivity index (χ2n) is 3.48. The lowest BCUT2D eigenvalue weighted by Crippen LogP contribution is -2.18. The number of rotatable bonds is 3. The Balaban J connectivity index is 2.26. The van der Waals surface area contributed by atoms with Gasteiger partial charge in [-0.3, -0.25) is 14.6 Å². The lowest BCUT2D eigenvalue weighted by Gasteiger charge is -2.06. The summed E-state index contributed by atoms with van der Waals surface area (Å²) in [6.07, 6.45) is 4.61. The number of carboxylic acid groups (broad SMARTS) is 1. The van der Waals surface area contributed by atoms with Crippen LogP contribution in [-0.4, -0.2) is 31.9 Å². The van der Waals surface area contributed by atoms with Crippen LogP contribution < -0.4 is 10.9 Å². The molecule has 19 heavy (non-hydrogen) atoms. The molecule has 2 aromatic rings. The Hall–Kier alpha value is -3.03. The van der Waals surface area contributed by atoms with Gasteiger partial charge in [0.2, 0.25) is 0 Å². The van der Waals surface area contributed by atoms with Gasteiger partial charge < -0.3 is 15.4 Å². The van der Waals surface area contributed by atoms with Crippen molar-refractivity contribution in [1.29, 1.82) is 0 Å². The largest absolute Gasteiger partial charge is 0.478 e. The minimum absolute atomic E-state index is 0.0419. The maximum Gasteiger partial charge on any atom is 0.337 e. The zero-order valence-corrected chi connectivity index (χ0v) is 9.45. The van der Waals surface area contributed by atoms with Crippen LogP contribution in [0.1, 0.15) is 20.8 Å². The van der Waals surface area contributed by atoms with Gasteiger partial charge in [0.15, 0.2) is 0 Å². The molecule has 0 spiro atoms. The molecule has 0 bridgehead atoms. The first-order valence-electron chi connectivity index (χ1n) is 5.11. The lowest BCUT2D eigenvalue weighted by atomic mass is 10.2. The number of aromatic nitrogens is 3. The molecule has 0 aliphatic carbocycles. The van der Waals surface area contributed by atoms with E-state index in [1.165, 1.54) is 18.5 Å². The molecule has 0 saturated heterocycles. The van der Waals surface area contributed by atoms with Crippen LogP contribution in [0.2, 0.25) is 0 Å². The number of amides is 1. The second-order valence-corrected chi connectivity index (χ2v) is 3.48. The summed E-state index contributed by atoms with van der Waals surface area (Å²) in [6, 6.07) is 1.26. The third kappa shape index (κ3) is 2.80. The second kappa shape index (κ2) is 5.08. The molecule has 2 heterocycles. The molecule has 0 aromatic carbocycles. The molecule has 0 atom stereocenters. The van der Waals surface area contributed by atoms with E-state index in [0.717, 1.165) is 12.4 Å². The Bertz CT molecular complexity index is 675. The van der Waals surface area contributed by atoms with Crippen LogP contribution in [0.4, 0.5) is 5.69 Å². The molecule has 0 saturated carbocycles. The van der Waals surface area contributed by atoms with E-state index in [0.29, 0.717) is 0 Å². The highest BCUT2D eigenvalue weighted by molar-refractivity contribution is 6.06. The predicted molar refractivity (Wildman–Crippen MR) is 64.0 cm³/mol. The standard InChI is InChI=1S/C11H8N4O4/c16-9-5-13-8(4-14-9)10(17)15-7-3-12-2-1-6(7)11(18)19/h1-5H,(H,14,16)(H,15,17)(H,18,19). The minimum Gasteiger partial charge on any atom is -0.478 e. The summed E-state index contributed by atoms with van der Waals surface area (Å²) in [7, 11) is 0. The number of aromatic carboxylic acids is 1. The molecule has 3 N–H and O–H groups in total. The summed E-state index contributed by atoms with van der Waals surface area (Å²) in [5.74, 6) is -1.83. The van der Waals surface area contributed by atoms with Crippen molar-refractivity contribution in [2.75, 3.05) is 5.32 Å². The van der Waals surface area contributed by atoms with Gasteiger partial charge in [-0.2, -0.15) is 0 Å². The number of H-pyrrole nitrogens is 1. The van der Waals surface area contributed by atoms with E-state index in [1.807, 2.05) is 0 Å². The van der Waals surface area contributed by atoms with Gasteiger partial charge in [-0.25, -0.2) is 9.78 Å². The lowest BCUT2D eigenvalue weighted by molar-refractivity contribution is 0.0698. The Morgan fingerprint density at radius 1 is 1.32 bits per heavy atom. The number of carbonyl (C=O) groups is 2. The van der Waals surface area contributed by atoms with Gasteiger partial charge in [0.25, 0.3) is 11.5 Å². The minimum atomic E-state index is -1.19. The molecule has 0 fully saturated rings. The number of hydrogen-bond donors (Lipinski definition) is 3.